The Hall–Kier alpha value is -1.30. The van der Waals surface area contributed by atoms with Crippen molar-refractivity contribution in [3.8, 4) is 5.75 Å². The number of carbonyl (C=O) groups excluding carboxylic acids is 1. The first-order valence-corrected chi connectivity index (χ1v) is 5.91. The molecule has 0 unspecified atom stereocenters. The lowest BCUT2D eigenvalue weighted by atomic mass is 10.2. The van der Waals surface area contributed by atoms with Crippen LogP contribution in [0.5, 0.6) is 5.75 Å². The maximum atomic E-state index is 10.7. The normalized spacial score (nSPS) is 10.3. The molecule has 3 N–H and O–H groups in total. The number of nitrogens with one attached hydrogen (secondary N) is 1. The fourth-order valence-electron chi connectivity index (χ4n) is 1.39. The van der Waals surface area contributed by atoms with Gasteiger partial charge in [-0.25, -0.2) is 0 Å². The summed E-state index contributed by atoms with van der Waals surface area (Å²) in [5.41, 5.74) is 5.92. The number of carbonyl (C=O) groups is 1. The van der Waals surface area contributed by atoms with Crippen molar-refractivity contribution in [3.63, 3.8) is 0 Å². The van der Waals surface area contributed by atoms with Gasteiger partial charge in [-0.1, -0.05) is 23.7 Å². The van der Waals surface area contributed by atoms with Gasteiger partial charge in [-0.3, -0.25) is 4.79 Å². The zero-order chi connectivity index (χ0) is 13.4. The van der Waals surface area contributed by atoms with E-state index in [1.165, 1.54) is 0 Å². The average molecular weight is 273 g/mol. The van der Waals surface area contributed by atoms with Crippen molar-refractivity contribution in [1.82, 2.24) is 5.32 Å². The number of para-hydroxylation sites is 1. The summed E-state index contributed by atoms with van der Waals surface area (Å²) in [6, 6.07) is 5.41. The minimum atomic E-state index is -0.534. The molecule has 1 amide bonds. The Morgan fingerprint density at radius 2 is 2.28 bits per heavy atom. The Kier molecular flexibility index (Phi) is 6.49. The Labute approximate surface area is 111 Å². The molecule has 1 rings (SSSR count). The van der Waals surface area contributed by atoms with E-state index >= 15 is 0 Å². The lowest BCUT2D eigenvalue weighted by Crippen LogP contribution is -2.22. The van der Waals surface area contributed by atoms with Gasteiger partial charge in [0.15, 0.2) is 6.61 Å². The van der Waals surface area contributed by atoms with Crippen molar-refractivity contribution >= 4 is 17.5 Å². The number of benzene rings is 1. The van der Waals surface area contributed by atoms with Gasteiger partial charge in [0.25, 0.3) is 5.91 Å². The molecule has 18 heavy (non-hydrogen) atoms. The maximum absolute atomic E-state index is 10.7. The van der Waals surface area contributed by atoms with Gasteiger partial charge in [-0.2, -0.15) is 0 Å². The van der Waals surface area contributed by atoms with E-state index < -0.39 is 5.91 Å². The van der Waals surface area contributed by atoms with Crippen molar-refractivity contribution < 1.29 is 14.3 Å². The molecule has 0 aliphatic rings. The third-order valence-electron chi connectivity index (χ3n) is 2.21. The van der Waals surface area contributed by atoms with Crippen LogP contribution in [0.1, 0.15) is 5.56 Å². The number of rotatable bonds is 8. The molecular weight excluding hydrogens is 256 g/mol. The molecule has 0 atom stereocenters. The average Bonchev–Trinajstić information content (AvgIpc) is 2.33. The van der Waals surface area contributed by atoms with Crippen LogP contribution in [0.15, 0.2) is 18.2 Å². The smallest absolute Gasteiger partial charge is 0.255 e. The van der Waals surface area contributed by atoms with E-state index in [4.69, 9.17) is 26.8 Å². The molecule has 0 aliphatic carbocycles. The van der Waals surface area contributed by atoms with Gasteiger partial charge < -0.3 is 20.5 Å². The molecule has 0 heterocycles. The van der Waals surface area contributed by atoms with E-state index in [0.29, 0.717) is 23.9 Å². The highest BCUT2D eigenvalue weighted by molar-refractivity contribution is 6.32. The highest BCUT2D eigenvalue weighted by Gasteiger charge is 2.09. The van der Waals surface area contributed by atoms with Gasteiger partial charge in [0, 0.05) is 25.8 Å². The van der Waals surface area contributed by atoms with Crippen LogP contribution >= 0.6 is 11.6 Å². The largest absolute Gasteiger partial charge is 0.482 e. The molecular formula is C12H17ClN2O3. The lowest BCUT2D eigenvalue weighted by molar-refractivity contribution is -0.119. The monoisotopic (exact) mass is 272 g/mol. The van der Waals surface area contributed by atoms with Gasteiger partial charge in [-0.05, 0) is 6.07 Å². The third-order valence-corrected chi connectivity index (χ3v) is 2.50. The maximum Gasteiger partial charge on any atom is 0.255 e. The second-order valence-corrected chi connectivity index (χ2v) is 4.06. The van der Waals surface area contributed by atoms with Crippen LogP contribution in [0.4, 0.5) is 0 Å². The highest BCUT2D eigenvalue weighted by Crippen LogP contribution is 2.28. The predicted octanol–water partition coefficient (Wildman–Crippen LogP) is 0.940. The lowest BCUT2D eigenvalue weighted by Gasteiger charge is -2.12. The molecule has 0 spiro atoms. The summed E-state index contributed by atoms with van der Waals surface area (Å²) in [4.78, 5) is 10.7. The first-order chi connectivity index (χ1) is 8.65. The first-order valence-electron chi connectivity index (χ1n) is 5.53. The van der Waals surface area contributed by atoms with E-state index in [-0.39, 0.29) is 6.61 Å². The van der Waals surface area contributed by atoms with Gasteiger partial charge in [0.2, 0.25) is 0 Å². The first kappa shape index (κ1) is 14.8. The molecule has 0 aromatic heterocycles. The van der Waals surface area contributed by atoms with E-state index in [0.717, 1.165) is 12.1 Å². The number of hydrogen-bond donors (Lipinski definition) is 2. The summed E-state index contributed by atoms with van der Waals surface area (Å²) in [6.07, 6.45) is 0. The Morgan fingerprint density at radius 1 is 1.50 bits per heavy atom. The zero-order valence-corrected chi connectivity index (χ0v) is 11.0. The fourth-order valence-corrected chi connectivity index (χ4v) is 1.64. The molecule has 0 aliphatic heterocycles. The summed E-state index contributed by atoms with van der Waals surface area (Å²) < 4.78 is 10.2. The number of ether oxygens (including phenoxy) is 2. The third kappa shape index (κ3) is 4.91. The van der Waals surface area contributed by atoms with Crippen molar-refractivity contribution in [2.24, 2.45) is 5.73 Å². The van der Waals surface area contributed by atoms with Crippen molar-refractivity contribution in [2.45, 2.75) is 6.54 Å². The molecule has 1 aromatic carbocycles. The second kappa shape index (κ2) is 7.92. The second-order valence-electron chi connectivity index (χ2n) is 3.65. The number of methoxy groups -OCH3 is 1. The molecule has 0 saturated heterocycles. The molecule has 1 aromatic rings. The predicted molar refractivity (Wildman–Crippen MR) is 69.7 cm³/mol. The van der Waals surface area contributed by atoms with Crippen LogP contribution in [0.25, 0.3) is 0 Å². The summed E-state index contributed by atoms with van der Waals surface area (Å²) in [5, 5.41) is 3.64. The molecule has 5 nitrogen and oxygen atoms in total. The topological polar surface area (TPSA) is 73.6 Å². The number of amides is 1. The van der Waals surface area contributed by atoms with E-state index in [1.54, 1.807) is 13.2 Å². The quantitative estimate of drug-likeness (QED) is 0.691. The van der Waals surface area contributed by atoms with Crippen molar-refractivity contribution in [1.29, 1.82) is 0 Å². The number of primary amides is 1. The molecule has 6 heteroatoms. The number of hydrogen-bond acceptors (Lipinski definition) is 4. The van der Waals surface area contributed by atoms with Crippen LogP contribution in [-0.2, 0) is 16.1 Å². The summed E-state index contributed by atoms with van der Waals surface area (Å²) in [5.74, 6) is -0.0453. The Morgan fingerprint density at radius 3 is 2.94 bits per heavy atom. The standard InChI is InChI=1S/C12H17ClN2O3/c1-17-6-5-15-7-9-3-2-4-10(13)12(9)18-8-11(14)16/h2-4,15H,5-8H2,1H3,(H2,14,16). The summed E-state index contributed by atoms with van der Waals surface area (Å²) in [6.45, 7) is 1.74. The van der Waals surface area contributed by atoms with Crippen LogP contribution in [-0.4, -0.2) is 32.8 Å². The minimum absolute atomic E-state index is 0.186. The summed E-state index contributed by atoms with van der Waals surface area (Å²) in [7, 11) is 1.64. The van der Waals surface area contributed by atoms with Gasteiger partial charge >= 0.3 is 0 Å². The van der Waals surface area contributed by atoms with E-state index in [1.807, 2.05) is 12.1 Å². The van der Waals surface area contributed by atoms with Crippen LogP contribution < -0.4 is 15.8 Å². The summed E-state index contributed by atoms with van der Waals surface area (Å²) >= 11 is 6.02. The van der Waals surface area contributed by atoms with E-state index in [2.05, 4.69) is 5.32 Å². The minimum Gasteiger partial charge on any atom is -0.482 e. The molecule has 0 radical (unpaired) electrons. The van der Waals surface area contributed by atoms with Crippen LogP contribution in [0.2, 0.25) is 5.02 Å². The molecule has 0 fully saturated rings. The van der Waals surface area contributed by atoms with Crippen LogP contribution in [0.3, 0.4) is 0 Å². The molecule has 0 bridgehead atoms. The SMILES string of the molecule is COCCNCc1cccc(Cl)c1OCC(N)=O. The number of nitrogens with two attached hydrogens (primary N) is 1. The van der Waals surface area contributed by atoms with Gasteiger partial charge in [0.05, 0.1) is 11.6 Å². The Bertz CT molecular complexity index is 399. The number of halogens is 1. The highest BCUT2D eigenvalue weighted by atomic mass is 35.5. The van der Waals surface area contributed by atoms with E-state index in [9.17, 15) is 4.79 Å². The zero-order valence-electron chi connectivity index (χ0n) is 10.2. The Balaban J connectivity index is 2.64. The fraction of sp³-hybridized carbons (Fsp3) is 0.417. The van der Waals surface area contributed by atoms with Crippen molar-refractivity contribution in [3.05, 3.63) is 28.8 Å². The van der Waals surface area contributed by atoms with Gasteiger partial charge in [0.1, 0.15) is 5.75 Å². The van der Waals surface area contributed by atoms with Crippen molar-refractivity contribution in [2.75, 3.05) is 26.9 Å². The van der Waals surface area contributed by atoms with Crippen LogP contribution in [0, 0.1) is 0 Å². The van der Waals surface area contributed by atoms with Gasteiger partial charge in [-0.15, -0.1) is 0 Å². The molecule has 100 valence electrons. The molecule has 0 saturated carbocycles.